The summed E-state index contributed by atoms with van der Waals surface area (Å²) in [7, 11) is 1.98. The topological polar surface area (TPSA) is 63.8 Å². The first-order valence-corrected chi connectivity index (χ1v) is 13.1. The molecule has 0 saturated carbocycles. The van der Waals surface area contributed by atoms with Gasteiger partial charge in [-0.05, 0) is 98.0 Å². The van der Waals surface area contributed by atoms with E-state index in [1.54, 1.807) is 0 Å². The van der Waals surface area contributed by atoms with Crippen molar-refractivity contribution in [1.82, 2.24) is 19.5 Å². The average molecular weight is 511 g/mol. The van der Waals surface area contributed by atoms with Crippen LogP contribution in [0.15, 0.2) is 85.2 Å². The van der Waals surface area contributed by atoms with Crippen LogP contribution in [0.2, 0.25) is 0 Å². The van der Waals surface area contributed by atoms with Gasteiger partial charge in [0.25, 0.3) is 0 Å². The number of pyridine rings is 2. The summed E-state index contributed by atoms with van der Waals surface area (Å²) in [6.45, 7) is 8.41. The van der Waals surface area contributed by atoms with Crippen molar-refractivity contribution in [2.45, 2.75) is 27.7 Å². The molecule has 0 saturated heterocycles. The summed E-state index contributed by atoms with van der Waals surface area (Å²) in [5, 5.41) is 10.6. The number of nitrogens with zero attached hydrogens (tertiary/aromatic N) is 4. The van der Waals surface area contributed by atoms with Crippen molar-refractivity contribution in [3.05, 3.63) is 108 Å². The van der Waals surface area contributed by atoms with Gasteiger partial charge in [0, 0.05) is 30.1 Å². The quantitative estimate of drug-likeness (QED) is 0.261. The summed E-state index contributed by atoms with van der Waals surface area (Å²) in [5.74, 6) is 0.817. The Morgan fingerprint density at radius 3 is 2.21 bits per heavy atom. The first-order chi connectivity index (χ1) is 18.8. The van der Waals surface area contributed by atoms with Crippen LogP contribution >= 0.6 is 0 Å². The van der Waals surface area contributed by atoms with Crippen molar-refractivity contribution in [3.63, 3.8) is 0 Å². The molecule has 0 aliphatic heterocycles. The minimum atomic E-state index is 0.116. The van der Waals surface area contributed by atoms with Crippen LogP contribution in [0.25, 0.3) is 55.9 Å². The number of aromatic hydroxyl groups is 1. The van der Waals surface area contributed by atoms with E-state index in [1.165, 1.54) is 28.5 Å². The Kier molecular flexibility index (Phi) is 5.99. The first-order valence-electron chi connectivity index (χ1n) is 13.1. The van der Waals surface area contributed by atoms with E-state index >= 15 is 0 Å². The third kappa shape index (κ3) is 4.36. The summed E-state index contributed by atoms with van der Waals surface area (Å²) in [5.41, 5.74) is 13.6. The van der Waals surface area contributed by atoms with Crippen LogP contribution in [-0.2, 0) is 7.05 Å². The maximum Gasteiger partial charge on any atom is 0.144 e. The van der Waals surface area contributed by atoms with Crippen LogP contribution < -0.4 is 0 Å². The largest absolute Gasteiger partial charge is 0.506 e. The van der Waals surface area contributed by atoms with Gasteiger partial charge in [0.15, 0.2) is 0 Å². The molecule has 0 amide bonds. The summed E-state index contributed by atoms with van der Waals surface area (Å²) >= 11 is 0. The zero-order valence-corrected chi connectivity index (χ0v) is 22.8. The summed E-state index contributed by atoms with van der Waals surface area (Å²) < 4.78 is 2.03. The third-order valence-corrected chi connectivity index (χ3v) is 7.34. The predicted octanol–water partition coefficient (Wildman–Crippen LogP) is 7.97. The van der Waals surface area contributed by atoms with Crippen LogP contribution in [-0.4, -0.2) is 24.6 Å². The lowest BCUT2D eigenvalue weighted by Crippen LogP contribution is -1.94. The lowest BCUT2D eigenvalue weighted by molar-refractivity contribution is 0.473. The van der Waals surface area contributed by atoms with Gasteiger partial charge in [-0.25, -0.2) is 4.98 Å². The zero-order valence-electron chi connectivity index (χ0n) is 22.8. The number of hydrogen-bond donors (Lipinski definition) is 1. The molecule has 0 spiro atoms. The highest BCUT2D eigenvalue weighted by atomic mass is 16.3. The minimum Gasteiger partial charge on any atom is -0.506 e. The SMILES string of the molecule is Cc1cc(C)c(-c2cc(-c3ccccn3)cc(-c3cccc4c3nc(-c3cc(C)ncc3O)n4C)c2)c(C)c1. The third-order valence-electron chi connectivity index (χ3n) is 7.34. The number of fused-ring (bicyclic) bond motifs is 1. The Morgan fingerprint density at radius 1 is 0.718 bits per heavy atom. The van der Waals surface area contributed by atoms with E-state index in [-0.39, 0.29) is 5.75 Å². The maximum atomic E-state index is 10.6. The molecule has 39 heavy (non-hydrogen) atoms. The number of benzene rings is 3. The second-order valence-corrected chi connectivity index (χ2v) is 10.3. The summed E-state index contributed by atoms with van der Waals surface area (Å²) in [4.78, 5) is 14.0. The van der Waals surface area contributed by atoms with Crippen molar-refractivity contribution in [3.8, 4) is 50.6 Å². The van der Waals surface area contributed by atoms with Gasteiger partial charge in [-0.1, -0.05) is 35.9 Å². The van der Waals surface area contributed by atoms with Crippen molar-refractivity contribution >= 4 is 11.0 Å². The van der Waals surface area contributed by atoms with Gasteiger partial charge in [0.2, 0.25) is 0 Å². The number of hydrogen-bond acceptors (Lipinski definition) is 4. The van der Waals surface area contributed by atoms with Gasteiger partial charge in [-0.15, -0.1) is 0 Å². The Morgan fingerprint density at radius 2 is 1.46 bits per heavy atom. The van der Waals surface area contributed by atoms with E-state index in [0.717, 1.165) is 44.7 Å². The molecule has 0 fully saturated rings. The van der Waals surface area contributed by atoms with E-state index in [1.807, 2.05) is 49.0 Å². The number of para-hydroxylation sites is 1. The molecule has 5 heteroatoms. The van der Waals surface area contributed by atoms with Gasteiger partial charge in [-0.2, -0.15) is 0 Å². The minimum absolute atomic E-state index is 0.116. The molecule has 6 aromatic rings. The molecule has 3 heterocycles. The number of aryl methyl sites for hydroxylation is 5. The van der Waals surface area contributed by atoms with E-state index in [0.29, 0.717) is 11.4 Å². The molecule has 0 aliphatic rings. The van der Waals surface area contributed by atoms with Crippen molar-refractivity contribution < 1.29 is 5.11 Å². The van der Waals surface area contributed by atoms with Crippen molar-refractivity contribution in [1.29, 1.82) is 0 Å². The van der Waals surface area contributed by atoms with Crippen molar-refractivity contribution in [2.24, 2.45) is 7.05 Å². The van der Waals surface area contributed by atoms with Gasteiger partial charge >= 0.3 is 0 Å². The van der Waals surface area contributed by atoms with E-state index in [9.17, 15) is 5.11 Å². The molecule has 6 rings (SSSR count). The Balaban J connectivity index is 1.62. The molecule has 0 unspecified atom stereocenters. The molecule has 1 N–H and O–H groups in total. The highest BCUT2D eigenvalue weighted by Gasteiger charge is 2.18. The highest BCUT2D eigenvalue weighted by Crippen LogP contribution is 2.39. The zero-order chi connectivity index (χ0) is 27.3. The van der Waals surface area contributed by atoms with Gasteiger partial charge in [0.05, 0.1) is 28.5 Å². The molecule has 0 atom stereocenters. The van der Waals surface area contributed by atoms with E-state index in [2.05, 4.69) is 79.3 Å². The molecular weight excluding hydrogens is 480 g/mol. The fourth-order valence-corrected chi connectivity index (χ4v) is 5.66. The van der Waals surface area contributed by atoms with Crippen LogP contribution in [0.4, 0.5) is 0 Å². The number of aromatic nitrogens is 4. The summed E-state index contributed by atoms with van der Waals surface area (Å²) in [6, 6.07) is 25.3. The smallest absolute Gasteiger partial charge is 0.144 e. The molecule has 3 aromatic heterocycles. The molecule has 192 valence electrons. The lowest BCUT2D eigenvalue weighted by Gasteiger charge is -2.15. The fraction of sp³-hybridized carbons (Fsp3) is 0.147. The van der Waals surface area contributed by atoms with E-state index in [4.69, 9.17) is 4.98 Å². The maximum absolute atomic E-state index is 10.6. The Labute approximate surface area is 228 Å². The van der Waals surface area contributed by atoms with Crippen LogP contribution in [0.5, 0.6) is 5.75 Å². The second kappa shape index (κ2) is 9.52. The molecule has 0 aliphatic carbocycles. The molecule has 5 nitrogen and oxygen atoms in total. The molecule has 3 aromatic carbocycles. The van der Waals surface area contributed by atoms with Gasteiger partial charge in [0.1, 0.15) is 11.6 Å². The average Bonchev–Trinajstić information content (AvgIpc) is 3.26. The first kappa shape index (κ1) is 24.6. The second-order valence-electron chi connectivity index (χ2n) is 10.3. The van der Waals surface area contributed by atoms with Crippen LogP contribution in [0, 0.1) is 27.7 Å². The van der Waals surface area contributed by atoms with E-state index < -0.39 is 0 Å². The number of imidazole rings is 1. The normalized spacial score (nSPS) is 11.3. The predicted molar refractivity (Wildman–Crippen MR) is 159 cm³/mol. The number of rotatable bonds is 4. The van der Waals surface area contributed by atoms with Gasteiger partial charge in [-0.3, -0.25) is 9.97 Å². The van der Waals surface area contributed by atoms with Crippen LogP contribution in [0.1, 0.15) is 22.4 Å². The Bertz CT molecular complexity index is 1850. The summed E-state index contributed by atoms with van der Waals surface area (Å²) in [6.07, 6.45) is 3.32. The van der Waals surface area contributed by atoms with Gasteiger partial charge < -0.3 is 9.67 Å². The Hall–Kier alpha value is -4.77. The lowest BCUT2D eigenvalue weighted by atomic mass is 9.89. The molecule has 0 bridgehead atoms. The molecular formula is C34H30N4O. The fourth-order valence-electron chi connectivity index (χ4n) is 5.66. The van der Waals surface area contributed by atoms with Crippen LogP contribution in [0.3, 0.4) is 0 Å². The highest BCUT2D eigenvalue weighted by molar-refractivity contribution is 5.96. The monoisotopic (exact) mass is 510 g/mol. The van der Waals surface area contributed by atoms with Crippen molar-refractivity contribution in [2.75, 3.05) is 0 Å². The standard InChI is InChI=1S/C34H30N4O/c1-20-13-21(2)32(22(3)14-20)26-17-24(16-25(18-26)29-10-6-7-12-35-29)27-9-8-11-30-33(27)37-34(38(30)5)28-15-23(4)36-19-31(28)39/h6-19,39H,1-5H3. The molecule has 0 radical (unpaired) electrons.